The zero-order valence-corrected chi connectivity index (χ0v) is 15.6. The molecule has 2 aliphatic rings. The zero-order chi connectivity index (χ0) is 18.2. The van der Waals surface area contributed by atoms with E-state index in [1.807, 2.05) is 24.3 Å². The van der Waals surface area contributed by atoms with Crippen molar-refractivity contribution in [3.63, 3.8) is 0 Å². The minimum atomic E-state index is -0.0954. The molecule has 3 rings (SSSR count). The Balaban J connectivity index is 1.59. The fourth-order valence-corrected chi connectivity index (χ4v) is 3.74. The molecule has 0 aromatic heterocycles. The van der Waals surface area contributed by atoms with Crippen LogP contribution in [-0.4, -0.2) is 58.6 Å². The quantitative estimate of drug-likeness (QED) is 0.740. The average Bonchev–Trinajstić information content (AvgIpc) is 3.19. The highest BCUT2D eigenvalue weighted by Crippen LogP contribution is 2.28. The third-order valence-corrected chi connectivity index (χ3v) is 5.32. The van der Waals surface area contributed by atoms with Crippen molar-refractivity contribution in [2.45, 2.75) is 31.8 Å². The second-order valence-electron chi connectivity index (χ2n) is 7.31. The van der Waals surface area contributed by atoms with Crippen molar-refractivity contribution in [2.24, 2.45) is 5.41 Å². The lowest BCUT2D eigenvalue weighted by Gasteiger charge is -2.37. The lowest BCUT2D eigenvalue weighted by molar-refractivity contribution is 0.0508. The summed E-state index contributed by atoms with van der Waals surface area (Å²) in [4.78, 5) is 12.8. The molecule has 0 saturated carbocycles. The molecule has 6 nitrogen and oxygen atoms in total. The topological polar surface area (TPSA) is 68.8 Å². The number of para-hydroxylation sites is 1. The van der Waals surface area contributed by atoms with Crippen LogP contribution in [0.15, 0.2) is 24.3 Å². The number of carbonyl (C=O) groups is 1. The van der Waals surface area contributed by atoms with Crippen molar-refractivity contribution in [1.29, 1.82) is 0 Å². The summed E-state index contributed by atoms with van der Waals surface area (Å²) in [6.07, 6.45) is 4.22. The Labute approximate surface area is 155 Å². The minimum absolute atomic E-state index is 0.00312. The second kappa shape index (κ2) is 9.35. The molecule has 26 heavy (non-hydrogen) atoms. The molecule has 2 N–H and O–H groups in total. The molecule has 0 aliphatic carbocycles. The Kier molecular flexibility index (Phi) is 6.88. The Hall–Kier alpha value is -1.63. The highest BCUT2D eigenvalue weighted by atomic mass is 16.5. The van der Waals surface area contributed by atoms with Crippen molar-refractivity contribution in [2.75, 3.05) is 46.6 Å². The monoisotopic (exact) mass is 362 g/mol. The number of piperidine rings is 1. The molecule has 2 heterocycles. The van der Waals surface area contributed by atoms with Crippen molar-refractivity contribution in [3.8, 4) is 5.75 Å². The number of rotatable bonds is 8. The van der Waals surface area contributed by atoms with Gasteiger partial charge in [-0.3, -0.25) is 4.79 Å². The number of benzene rings is 1. The van der Waals surface area contributed by atoms with Crippen LogP contribution < -0.4 is 15.4 Å². The molecule has 2 saturated heterocycles. The van der Waals surface area contributed by atoms with E-state index in [0.29, 0.717) is 31.1 Å². The van der Waals surface area contributed by atoms with E-state index < -0.39 is 0 Å². The minimum Gasteiger partial charge on any atom is -0.490 e. The van der Waals surface area contributed by atoms with Crippen molar-refractivity contribution >= 4 is 5.91 Å². The van der Waals surface area contributed by atoms with Gasteiger partial charge in [0.15, 0.2) is 0 Å². The molecule has 2 fully saturated rings. The number of methoxy groups -OCH3 is 1. The van der Waals surface area contributed by atoms with Crippen LogP contribution >= 0.6 is 0 Å². The number of carbonyl (C=O) groups excluding carboxylic acids is 1. The zero-order valence-electron chi connectivity index (χ0n) is 15.6. The SMILES string of the molecule is COCC1(CNC(=O)c2ccccc2OCC2CCCO2)CCNCC1. The van der Waals surface area contributed by atoms with E-state index in [0.717, 1.165) is 45.4 Å². The van der Waals surface area contributed by atoms with Gasteiger partial charge in [-0.1, -0.05) is 12.1 Å². The molecule has 144 valence electrons. The predicted octanol–water partition coefficient (Wildman–Crippen LogP) is 1.99. The predicted molar refractivity (Wildman–Crippen MR) is 99.7 cm³/mol. The summed E-state index contributed by atoms with van der Waals surface area (Å²) in [6.45, 7) is 4.48. The fourth-order valence-electron chi connectivity index (χ4n) is 3.74. The first-order chi connectivity index (χ1) is 12.7. The first-order valence-electron chi connectivity index (χ1n) is 9.54. The third-order valence-electron chi connectivity index (χ3n) is 5.32. The van der Waals surface area contributed by atoms with E-state index >= 15 is 0 Å². The van der Waals surface area contributed by atoms with Crippen LogP contribution in [0.5, 0.6) is 5.75 Å². The highest BCUT2D eigenvalue weighted by Gasteiger charge is 2.32. The summed E-state index contributed by atoms with van der Waals surface area (Å²) in [5.74, 6) is 0.522. The van der Waals surface area contributed by atoms with Gasteiger partial charge < -0.3 is 24.8 Å². The van der Waals surface area contributed by atoms with Gasteiger partial charge in [-0.15, -0.1) is 0 Å². The molecule has 0 bridgehead atoms. The van der Waals surface area contributed by atoms with Crippen molar-refractivity contribution in [1.82, 2.24) is 10.6 Å². The Morgan fingerprint density at radius 1 is 1.35 bits per heavy atom. The maximum atomic E-state index is 12.8. The van der Waals surface area contributed by atoms with Gasteiger partial charge in [-0.05, 0) is 50.9 Å². The molecular weight excluding hydrogens is 332 g/mol. The lowest BCUT2D eigenvalue weighted by Crippen LogP contribution is -2.47. The van der Waals surface area contributed by atoms with Crippen LogP contribution in [0.1, 0.15) is 36.0 Å². The van der Waals surface area contributed by atoms with Gasteiger partial charge in [0.05, 0.1) is 18.3 Å². The Morgan fingerprint density at radius 2 is 2.15 bits per heavy atom. The van der Waals surface area contributed by atoms with E-state index in [9.17, 15) is 4.79 Å². The Morgan fingerprint density at radius 3 is 2.88 bits per heavy atom. The van der Waals surface area contributed by atoms with Gasteiger partial charge in [0.1, 0.15) is 12.4 Å². The average molecular weight is 362 g/mol. The van der Waals surface area contributed by atoms with Crippen molar-refractivity contribution in [3.05, 3.63) is 29.8 Å². The van der Waals surface area contributed by atoms with Gasteiger partial charge in [0, 0.05) is 25.7 Å². The van der Waals surface area contributed by atoms with E-state index in [1.54, 1.807) is 7.11 Å². The largest absolute Gasteiger partial charge is 0.490 e. The molecule has 1 amide bonds. The van der Waals surface area contributed by atoms with Gasteiger partial charge in [0.25, 0.3) is 5.91 Å². The first-order valence-corrected chi connectivity index (χ1v) is 9.54. The van der Waals surface area contributed by atoms with Gasteiger partial charge in [-0.2, -0.15) is 0 Å². The van der Waals surface area contributed by atoms with Gasteiger partial charge >= 0.3 is 0 Å². The van der Waals surface area contributed by atoms with Gasteiger partial charge in [0.2, 0.25) is 0 Å². The summed E-state index contributed by atoms with van der Waals surface area (Å²) in [5.41, 5.74) is 0.579. The highest BCUT2D eigenvalue weighted by molar-refractivity contribution is 5.96. The molecule has 6 heteroatoms. The number of amides is 1. The van der Waals surface area contributed by atoms with Crippen LogP contribution in [0.2, 0.25) is 0 Å². The summed E-state index contributed by atoms with van der Waals surface area (Å²) in [6, 6.07) is 7.41. The Bertz CT molecular complexity index is 575. The number of ether oxygens (including phenoxy) is 3. The molecule has 1 atom stereocenters. The van der Waals surface area contributed by atoms with E-state index in [4.69, 9.17) is 14.2 Å². The van der Waals surface area contributed by atoms with E-state index in [1.165, 1.54) is 0 Å². The molecule has 1 aromatic carbocycles. The van der Waals surface area contributed by atoms with E-state index in [2.05, 4.69) is 10.6 Å². The number of nitrogens with one attached hydrogen (secondary N) is 2. The second-order valence-corrected chi connectivity index (χ2v) is 7.31. The lowest BCUT2D eigenvalue weighted by atomic mass is 9.79. The van der Waals surface area contributed by atoms with Crippen molar-refractivity contribution < 1.29 is 19.0 Å². The van der Waals surface area contributed by atoms with Crippen LogP contribution in [-0.2, 0) is 9.47 Å². The summed E-state index contributed by atoms with van der Waals surface area (Å²) >= 11 is 0. The molecule has 1 aromatic rings. The smallest absolute Gasteiger partial charge is 0.255 e. The molecule has 2 aliphatic heterocycles. The molecule has 0 radical (unpaired) electrons. The number of hydrogen-bond acceptors (Lipinski definition) is 5. The van der Waals surface area contributed by atoms with Crippen LogP contribution in [0, 0.1) is 5.41 Å². The van der Waals surface area contributed by atoms with E-state index in [-0.39, 0.29) is 17.4 Å². The maximum absolute atomic E-state index is 12.8. The van der Waals surface area contributed by atoms with Gasteiger partial charge in [-0.25, -0.2) is 0 Å². The van der Waals surface area contributed by atoms with Crippen LogP contribution in [0.25, 0.3) is 0 Å². The number of hydrogen-bond donors (Lipinski definition) is 2. The third kappa shape index (κ3) is 4.96. The normalized spacial score (nSPS) is 22.1. The van der Waals surface area contributed by atoms with Crippen LogP contribution in [0.3, 0.4) is 0 Å². The van der Waals surface area contributed by atoms with Crippen LogP contribution in [0.4, 0.5) is 0 Å². The fraction of sp³-hybridized carbons (Fsp3) is 0.650. The molecule has 0 spiro atoms. The molecular formula is C20H30N2O4. The summed E-state index contributed by atoms with van der Waals surface area (Å²) in [7, 11) is 1.72. The summed E-state index contributed by atoms with van der Waals surface area (Å²) < 4.78 is 16.9. The summed E-state index contributed by atoms with van der Waals surface area (Å²) in [5, 5.41) is 6.47. The maximum Gasteiger partial charge on any atom is 0.255 e. The first kappa shape index (κ1) is 19.1. The standard InChI is InChI=1S/C20H30N2O4/c1-24-15-20(8-10-21-11-9-20)14-22-19(23)17-6-2-3-7-18(17)26-13-16-5-4-12-25-16/h2-3,6-7,16,21H,4-5,8-15H2,1H3,(H,22,23). The molecule has 1 unspecified atom stereocenters.